The van der Waals surface area contributed by atoms with Crippen molar-refractivity contribution in [3.05, 3.63) is 23.8 Å². The first-order valence-corrected chi connectivity index (χ1v) is 6.78. The molecule has 0 aromatic heterocycles. The summed E-state index contributed by atoms with van der Waals surface area (Å²) < 4.78 is 21.2. The maximum Gasteiger partial charge on any atom is 0.122 e. The lowest BCUT2D eigenvalue weighted by atomic mass is 10.1. The predicted molar refractivity (Wildman–Crippen MR) is 78.7 cm³/mol. The molecule has 0 fully saturated rings. The zero-order valence-electron chi connectivity index (χ0n) is 12.8. The average Bonchev–Trinajstić information content (AvgIpc) is 2.49. The molecule has 1 rings (SSSR count). The van der Waals surface area contributed by atoms with E-state index < -0.39 is 0 Å². The van der Waals surface area contributed by atoms with E-state index in [-0.39, 0.29) is 6.04 Å². The van der Waals surface area contributed by atoms with E-state index in [0.717, 1.165) is 23.6 Å². The summed E-state index contributed by atoms with van der Waals surface area (Å²) in [5, 5.41) is 3.40. The second-order valence-corrected chi connectivity index (χ2v) is 4.32. The first-order valence-electron chi connectivity index (χ1n) is 6.78. The van der Waals surface area contributed by atoms with Gasteiger partial charge in [0.1, 0.15) is 11.5 Å². The Kier molecular flexibility index (Phi) is 8.02. The number of nitrogens with one attached hydrogen (secondary N) is 1. The van der Waals surface area contributed by atoms with E-state index in [2.05, 4.69) is 12.2 Å². The highest BCUT2D eigenvalue weighted by atomic mass is 16.5. The first kappa shape index (κ1) is 16.8. The number of likely N-dealkylation sites (N-methyl/N-ethyl adjacent to an activating group) is 1. The van der Waals surface area contributed by atoms with Crippen molar-refractivity contribution in [2.24, 2.45) is 0 Å². The minimum Gasteiger partial charge on any atom is -0.497 e. The van der Waals surface area contributed by atoms with Crippen molar-refractivity contribution in [2.45, 2.75) is 13.0 Å². The number of hydrogen-bond donors (Lipinski definition) is 1. The molecule has 1 aromatic carbocycles. The molecule has 0 heterocycles. The minimum absolute atomic E-state index is 0.0980. The summed E-state index contributed by atoms with van der Waals surface area (Å²) in [6, 6.07) is 5.95. The molecule has 5 nitrogen and oxygen atoms in total. The van der Waals surface area contributed by atoms with Crippen LogP contribution in [-0.2, 0) is 9.47 Å². The summed E-state index contributed by atoms with van der Waals surface area (Å²) in [7, 11) is 4.96. The van der Waals surface area contributed by atoms with Crippen LogP contribution in [0.25, 0.3) is 0 Å². The van der Waals surface area contributed by atoms with Crippen LogP contribution in [0, 0.1) is 0 Å². The van der Waals surface area contributed by atoms with Crippen LogP contribution in [0.4, 0.5) is 0 Å². The Hall–Kier alpha value is -1.30. The van der Waals surface area contributed by atoms with Crippen molar-refractivity contribution < 1.29 is 18.9 Å². The van der Waals surface area contributed by atoms with Crippen LogP contribution in [0.5, 0.6) is 11.5 Å². The smallest absolute Gasteiger partial charge is 0.122 e. The van der Waals surface area contributed by atoms with Crippen molar-refractivity contribution in [3.63, 3.8) is 0 Å². The highest BCUT2D eigenvalue weighted by Gasteiger charge is 2.13. The van der Waals surface area contributed by atoms with Crippen LogP contribution in [-0.4, -0.2) is 47.7 Å². The second kappa shape index (κ2) is 9.58. The SMILES string of the molecule is CCNC(COCCOC)c1cc(OC)cc(OC)c1. The van der Waals surface area contributed by atoms with Gasteiger partial charge in [0.15, 0.2) is 0 Å². The van der Waals surface area contributed by atoms with Crippen molar-refractivity contribution >= 4 is 0 Å². The summed E-state index contributed by atoms with van der Waals surface area (Å²) >= 11 is 0. The summed E-state index contributed by atoms with van der Waals surface area (Å²) in [4.78, 5) is 0. The predicted octanol–water partition coefficient (Wildman–Crippen LogP) is 2.02. The minimum atomic E-state index is 0.0980. The molecule has 0 aliphatic carbocycles. The van der Waals surface area contributed by atoms with Crippen LogP contribution in [0.3, 0.4) is 0 Å². The highest BCUT2D eigenvalue weighted by molar-refractivity contribution is 5.39. The van der Waals surface area contributed by atoms with Gasteiger partial charge in [-0.25, -0.2) is 0 Å². The van der Waals surface area contributed by atoms with Gasteiger partial charge in [-0.2, -0.15) is 0 Å². The Morgan fingerprint density at radius 1 is 1.00 bits per heavy atom. The molecule has 0 saturated heterocycles. The lowest BCUT2D eigenvalue weighted by Crippen LogP contribution is -2.26. The molecule has 1 atom stereocenters. The van der Waals surface area contributed by atoms with E-state index in [1.54, 1.807) is 21.3 Å². The largest absolute Gasteiger partial charge is 0.497 e. The quantitative estimate of drug-likeness (QED) is 0.666. The van der Waals surface area contributed by atoms with E-state index in [1.165, 1.54) is 0 Å². The van der Waals surface area contributed by atoms with Gasteiger partial charge in [0.05, 0.1) is 40.1 Å². The van der Waals surface area contributed by atoms with Crippen LogP contribution in [0.2, 0.25) is 0 Å². The standard InChI is InChI=1S/C15H25NO4/c1-5-16-15(11-20-7-6-17-2)12-8-13(18-3)10-14(9-12)19-4/h8-10,15-16H,5-7,11H2,1-4H3. The molecular weight excluding hydrogens is 258 g/mol. The molecule has 5 heteroatoms. The normalized spacial score (nSPS) is 12.2. The summed E-state index contributed by atoms with van der Waals surface area (Å²) in [5.41, 5.74) is 1.08. The molecule has 0 saturated carbocycles. The Bertz CT molecular complexity index is 362. The fourth-order valence-corrected chi connectivity index (χ4v) is 1.89. The molecule has 1 aromatic rings. The Morgan fingerprint density at radius 2 is 1.65 bits per heavy atom. The van der Waals surface area contributed by atoms with E-state index >= 15 is 0 Å². The average molecular weight is 283 g/mol. The van der Waals surface area contributed by atoms with Gasteiger partial charge in [-0.15, -0.1) is 0 Å². The lowest BCUT2D eigenvalue weighted by molar-refractivity contribution is 0.0587. The van der Waals surface area contributed by atoms with Crippen molar-refractivity contribution in [1.82, 2.24) is 5.32 Å². The molecule has 0 bridgehead atoms. The lowest BCUT2D eigenvalue weighted by Gasteiger charge is -2.20. The van der Waals surface area contributed by atoms with Gasteiger partial charge in [0.25, 0.3) is 0 Å². The van der Waals surface area contributed by atoms with Gasteiger partial charge in [0, 0.05) is 13.2 Å². The van der Waals surface area contributed by atoms with Gasteiger partial charge in [0.2, 0.25) is 0 Å². The maximum absolute atomic E-state index is 5.62. The maximum atomic E-state index is 5.62. The molecule has 114 valence electrons. The van der Waals surface area contributed by atoms with Crippen LogP contribution in [0.1, 0.15) is 18.5 Å². The fourth-order valence-electron chi connectivity index (χ4n) is 1.89. The van der Waals surface area contributed by atoms with Gasteiger partial charge in [-0.1, -0.05) is 6.92 Å². The summed E-state index contributed by atoms with van der Waals surface area (Å²) in [6.07, 6.45) is 0. The molecule has 1 unspecified atom stereocenters. The van der Waals surface area contributed by atoms with E-state index in [9.17, 15) is 0 Å². The van der Waals surface area contributed by atoms with E-state index in [0.29, 0.717) is 19.8 Å². The van der Waals surface area contributed by atoms with Gasteiger partial charge in [-0.3, -0.25) is 0 Å². The molecule has 0 spiro atoms. The first-order chi connectivity index (χ1) is 9.74. The van der Waals surface area contributed by atoms with Gasteiger partial charge >= 0.3 is 0 Å². The molecule has 0 radical (unpaired) electrons. The van der Waals surface area contributed by atoms with Gasteiger partial charge in [-0.05, 0) is 24.2 Å². The van der Waals surface area contributed by atoms with E-state index in [4.69, 9.17) is 18.9 Å². The van der Waals surface area contributed by atoms with Crippen LogP contribution < -0.4 is 14.8 Å². The zero-order chi connectivity index (χ0) is 14.8. The molecule has 1 N–H and O–H groups in total. The number of methoxy groups -OCH3 is 3. The zero-order valence-corrected chi connectivity index (χ0v) is 12.8. The monoisotopic (exact) mass is 283 g/mol. The molecular formula is C15H25NO4. The Labute approximate surface area is 121 Å². The second-order valence-electron chi connectivity index (χ2n) is 4.32. The topological polar surface area (TPSA) is 49.0 Å². The third kappa shape index (κ3) is 5.36. The number of rotatable bonds is 10. The third-order valence-corrected chi connectivity index (χ3v) is 2.94. The highest BCUT2D eigenvalue weighted by Crippen LogP contribution is 2.26. The Balaban J connectivity index is 2.78. The number of ether oxygens (including phenoxy) is 4. The van der Waals surface area contributed by atoms with Crippen molar-refractivity contribution in [1.29, 1.82) is 0 Å². The molecule has 20 heavy (non-hydrogen) atoms. The summed E-state index contributed by atoms with van der Waals surface area (Å²) in [5.74, 6) is 1.55. The van der Waals surface area contributed by atoms with Crippen molar-refractivity contribution in [2.75, 3.05) is 47.7 Å². The fraction of sp³-hybridized carbons (Fsp3) is 0.600. The molecule has 0 aliphatic heterocycles. The molecule has 0 aliphatic rings. The van der Waals surface area contributed by atoms with Crippen LogP contribution in [0.15, 0.2) is 18.2 Å². The summed E-state index contributed by atoms with van der Waals surface area (Å²) in [6.45, 7) is 4.69. The molecule has 0 amide bonds. The van der Waals surface area contributed by atoms with E-state index in [1.807, 2.05) is 18.2 Å². The number of benzene rings is 1. The third-order valence-electron chi connectivity index (χ3n) is 2.94. The van der Waals surface area contributed by atoms with Gasteiger partial charge < -0.3 is 24.3 Å². The van der Waals surface area contributed by atoms with Crippen LogP contribution >= 0.6 is 0 Å². The Morgan fingerprint density at radius 3 is 2.15 bits per heavy atom. The number of hydrogen-bond acceptors (Lipinski definition) is 5. The van der Waals surface area contributed by atoms with Crippen molar-refractivity contribution in [3.8, 4) is 11.5 Å².